The largest absolute Gasteiger partial charge is 0.508 e. The van der Waals surface area contributed by atoms with Crippen molar-refractivity contribution in [2.45, 2.75) is 95.3 Å². The zero-order valence-corrected chi connectivity index (χ0v) is 20.1. The van der Waals surface area contributed by atoms with Gasteiger partial charge in [0.2, 0.25) is 0 Å². The number of ether oxygens (including phenoxy) is 1. The molecule has 0 aliphatic rings. The third-order valence-corrected chi connectivity index (χ3v) is 6.54. The van der Waals surface area contributed by atoms with Crippen LogP contribution in [0.1, 0.15) is 89.5 Å². The van der Waals surface area contributed by atoms with Crippen molar-refractivity contribution in [2.75, 3.05) is 0 Å². The zero-order chi connectivity index (χ0) is 23.2. The summed E-state index contributed by atoms with van der Waals surface area (Å²) in [5.74, 6) is 0.385. The molecule has 0 fully saturated rings. The van der Waals surface area contributed by atoms with Crippen molar-refractivity contribution in [1.82, 2.24) is 0 Å². The van der Waals surface area contributed by atoms with E-state index in [4.69, 9.17) is 4.74 Å². The third kappa shape index (κ3) is 10.0. The van der Waals surface area contributed by atoms with Crippen LogP contribution in [0.3, 0.4) is 0 Å². The van der Waals surface area contributed by atoms with Crippen LogP contribution in [0.25, 0.3) is 0 Å². The fourth-order valence-corrected chi connectivity index (χ4v) is 4.44. The number of aryl methyl sites for hydroxylation is 1. The Morgan fingerprint density at radius 2 is 1.38 bits per heavy atom. The molecule has 2 aromatic rings. The Balaban J connectivity index is 1.76. The molecule has 0 radical (unpaired) electrons. The molecule has 2 N–H and O–H groups in total. The predicted octanol–water partition coefficient (Wildman–Crippen LogP) is 7.67. The molecule has 2 aromatic carbocycles. The molecule has 0 aliphatic heterocycles. The minimum Gasteiger partial charge on any atom is -0.508 e. The monoisotopic (exact) mass is 462 g/mol. The number of rotatable bonds is 16. The maximum Gasteiger partial charge on any atom is 0.298 e. The SMILES string of the molecule is CCCCCCCCCCCCCCc1ccc(S(=O)(=O)O)c(Oc2cccc(O)c2)c1. The molecule has 0 amide bonds. The Hall–Kier alpha value is -2.05. The number of hydrogen-bond donors (Lipinski definition) is 2. The second kappa shape index (κ2) is 14.2. The van der Waals surface area contributed by atoms with Gasteiger partial charge >= 0.3 is 0 Å². The van der Waals surface area contributed by atoms with E-state index >= 15 is 0 Å². The third-order valence-electron chi connectivity index (χ3n) is 5.65. The lowest BCUT2D eigenvalue weighted by Gasteiger charge is -2.12. The summed E-state index contributed by atoms with van der Waals surface area (Å²) >= 11 is 0. The average Bonchev–Trinajstić information content (AvgIpc) is 2.74. The first-order valence-corrected chi connectivity index (χ1v) is 13.4. The Bertz CT molecular complexity index is 908. The topological polar surface area (TPSA) is 83.8 Å². The van der Waals surface area contributed by atoms with E-state index in [-0.39, 0.29) is 16.4 Å². The molecule has 0 bridgehead atoms. The fraction of sp³-hybridized carbons (Fsp3) is 0.538. The van der Waals surface area contributed by atoms with Crippen LogP contribution in [0, 0.1) is 0 Å². The lowest BCUT2D eigenvalue weighted by Crippen LogP contribution is -2.02. The van der Waals surface area contributed by atoms with Crippen LogP contribution in [-0.2, 0) is 16.5 Å². The number of aromatic hydroxyl groups is 1. The first-order valence-electron chi connectivity index (χ1n) is 12.0. The number of phenols is 1. The second-order valence-corrected chi connectivity index (χ2v) is 9.88. The van der Waals surface area contributed by atoms with Gasteiger partial charge in [-0.3, -0.25) is 4.55 Å². The molecule has 0 saturated carbocycles. The van der Waals surface area contributed by atoms with Gasteiger partial charge in [0.25, 0.3) is 10.1 Å². The van der Waals surface area contributed by atoms with E-state index in [1.165, 1.54) is 82.4 Å². The van der Waals surface area contributed by atoms with Crippen molar-refractivity contribution in [3.8, 4) is 17.2 Å². The zero-order valence-electron chi connectivity index (χ0n) is 19.3. The summed E-state index contributed by atoms with van der Waals surface area (Å²) in [6, 6.07) is 10.9. The molecule has 6 heteroatoms. The van der Waals surface area contributed by atoms with Crippen molar-refractivity contribution >= 4 is 10.1 Å². The van der Waals surface area contributed by atoms with Gasteiger partial charge in [-0.1, -0.05) is 89.7 Å². The molecule has 0 heterocycles. The summed E-state index contributed by atoms with van der Waals surface area (Å²) in [5, 5.41) is 9.61. The van der Waals surface area contributed by atoms with E-state index in [9.17, 15) is 18.1 Å². The number of hydrogen-bond acceptors (Lipinski definition) is 4. The standard InChI is InChI=1S/C26H38O5S/c1-2-3-4-5-6-7-8-9-10-11-12-13-15-22-18-19-26(32(28,29)30)25(20-22)31-24-17-14-16-23(27)21-24/h14,16-21,27H,2-13,15H2,1H3,(H,28,29,30). The maximum absolute atomic E-state index is 11.7. The first-order chi connectivity index (χ1) is 15.4. The van der Waals surface area contributed by atoms with Crippen molar-refractivity contribution in [1.29, 1.82) is 0 Å². The van der Waals surface area contributed by atoms with Crippen molar-refractivity contribution < 1.29 is 22.8 Å². The fourth-order valence-electron chi connectivity index (χ4n) is 3.84. The molecule has 0 spiro atoms. The van der Waals surface area contributed by atoms with E-state index in [1.54, 1.807) is 24.3 Å². The normalized spacial score (nSPS) is 11.6. The molecule has 0 unspecified atom stereocenters. The van der Waals surface area contributed by atoms with E-state index in [0.29, 0.717) is 5.75 Å². The van der Waals surface area contributed by atoms with Crippen LogP contribution in [0.5, 0.6) is 17.2 Å². The lowest BCUT2D eigenvalue weighted by molar-refractivity contribution is 0.440. The Morgan fingerprint density at radius 3 is 1.94 bits per heavy atom. The minimum absolute atomic E-state index is 0.0172. The smallest absolute Gasteiger partial charge is 0.298 e. The van der Waals surface area contributed by atoms with Crippen molar-refractivity contribution in [3.05, 3.63) is 48.0 Å². The van der Waals surface area contributed by atoms with Gasteiger partial charge in [-0.05, 0) is 42.7 Å². The highest BCUT2D eigenvalue weighted by Gasteiger charge is 2.18. The second-order valence-electron chi connectivity index (χ2n) is 8.49. The summed E-state index contributed by atoms with van der Waals surface area (Å²) < 4.78 is 38.6. The lowest BCUT2D eigenvalue weighted by atomic mass is 10.0. The molecule has 2 rings (SSSR count). The highest BCUT2D eigenvalue weighted by Crippen LogP contribution is 2.31. The molecule has 0 aromatic heterocycles. The van der Waals surface area contributed by atoms with Gasteiger partial charge in [-0.25, -0.2) is 0 Å². The van der Waals surface area contributed by atoms with E-state index in [1.807, 2.05) is 0 Å². The summed E-state index contributed by atoms with van der Waals surface area (Å²) in [5.41, 5.74) is 0.958. The van der Waals surface area contributed by atoms with Crippen molar-refractivity contribution in [3.63, 3.8) is 0 Å². The molecule has 5 nitrogen and oxygen atoms in total. The van der Waals surface area contributed by atoms with Gasteiger partial charge in [0.1, 0.15) is 22.1 Å². The highest BCUT2D eigenvalue weighted by atomic mass is 32.2. The van der Waals surface area contributed by atoms with Crippen LogP contribution < -0.4 is 4.74 Å². The average molecular weight is 463 g/mol. The van der Waals surface area contributed by atoms with Crippen LogP contribution in [0.2, 0.25) is 0 Å². The number of benzene rings is 2. The van der Waals surface area contributed by atoms with Crippen LogP contribution in [0.4, 0.5) is 0 Å². The number of unbranched alkanes of at least 4 members (excludes halogenated alkanes) is 11. The summed E-state index contributed by atoms with van der Waals surface area (Å²) in [6.07, 6.45) is 16.2. The van der Waals surface area contributed by atoms with Gasteiger partial charge in [-0.2, -0.15) is 8.42 Å². The van der Waals surface area contributed by atoms with E-state index in [0.717, 1.165) is 24.8 Å². The van der Waals surface area contributed by atoms with Gasteiger partial charge in [0, 0.05) is 6.07 Å². The van der Waals surface area contributed by atoms with Gasteiger partial charge in [-0.15, -0.1) is 0 Å². The molecule has 0 saturated heterocycles. The summed E-state index contributed by atoms with van der Waals surface area (Å²) in [7, 11) is -4.42. The highest BCUT2D eigenvalue weighted by molar-refractivity contribution is 7.86. The number of phenolic OH excluding ortho intramolecular Hbond substituents is 1. The van der Waals surface area contributed by atoms with Crippen molar-refractivity contribution in [2.24, 2.45) is 0 Å². The molecular weight excluding hydrogens is 424 g/mol. The van der Waals surface area contributed by atoms with Gasteiger partial charge in [0.05, 0.1) is 0 Å². The first kappa shape index (κ1) is 26.2. The van der Waals surface area contributed by atoms with E-state index in [2.05, 4.69) is 6.92 Å². The van der Waals surface area contributed by atoms with Crippen LogP contribution >= 0.6 is 0 Å². The van der Waals surface area contributed by atoms with Gasteiger partial charge in [0.15, 0.2) is 0 Å². The molecule has 178 valence electrons. The van der Waals surface area contributed by atoms with Crippen LogP contribution in [-0.4, -0.2) is 18.1 Å². The van der Waals surface area contributed by atoms with E-state index < -0.39 is 10.1 Å². The Morgan fingerprint density at radius 1 is 0.781 bits per heavy atom. The molecular formula is C26H38O5S. The maximum atomic E-state index is 11.7. The van der Waals surface area contributed by atoms with Crippen LogP contribution in [0.15, 0.2) is 47.4 Å². The predicted molar refractivity (Wildman–Crippen MR) is 129 cm³/mol. The minimum atomic E-state index is -4.42. The molecule has 32 heavy (non-hydrogen) atoms. The molecule has 0 aliphatic carbocycles. The van der Waals surface area contributed by atoms with Gasteiger partial charge < -0.3 is 9.84 Å². The molecule has 0 atom stereocenters. The quantitative estimate of drug-likeness (QED) is 0.197. The summed E-state index contributed by atoms with van der Waals surface area (Å²) in [6.45, 7) is 2.25. The Labute approximate surface area is 193 Å². The Kier molecular flexibility index (Phi) is 11.6. The summed E-state index contributed by atoms with van der Waals surface area (Å²) in [4.78, 5) is -0.278.